The maximum Gasteiger partial charge on any atom is 0.178 e. The molecule has 2 heteroatoms. The topological polar surface area (TPSA) is 3.88 Å². The van der Waals surface area contributed by atoms with E-state index in [4.69, 9.17) is 0 Å². The molecule has 76 valence electrons. The lowest BCUT2D eigenvalue weighted by Gasteiger charge is -1.96. The molecule has 1 aromatic heterocycles. The monoisotopic (exact) mass is 253 g/mol. The molecule has 0 atom stereocenters. The lowest BCUT2D eigenvalue weighted by Crippen LogP contribution is -3.00. The van der Waals surface area contributed by atoms with E-state index in [2.05, 4.69) is 49.4 Å². The number of pyridine rings is 1. The molecule has 0 amide bonds. The van der Waals surface area contributed by atoms with Gasteiger partial charge in [0.05, 0.1) is 0 Å². The molecule has 0 spiro atoms. The Morgan fingerprint density at radius 2 is 2.21 bits per heavy atom. The molecule has 1 rings (SSSR count). The fourth-order valence-corrected chi connectivity index (χ4v) is 1.09. The van der Waals surface area contributed by atoms with Crippen LogP contribution >= 0.6 is 0 Å². The van der Waals surface area contributed by atoms with Crippen molar-refractivity contribution in [2.24, 2.45) is 0 Å². The molecule has 1 aromatic rings. The highest BCUT2D eigenvalue weighted by atomic mass is 79.9. The fourth-order valence-electron chi connectivity index (χ4n) is 1.09. The first kappa shape index (κ1) is 13.1. The molecule has 0 aliphatic heterocycles. The smallest absolute Gasteiger partial charge is 0.178 e. The molecule has 0 radical (unpaired) electrons. The van der Waals surface area contributed by atoms with Gasteiger partial charge in [0.15, 0.2) is 18.4 Å². The largest absolute Gasteiger partial charge is 1.00 e. The predicted molar refractivity (Wildman–Crippen MR) is 55.3 cm³/mol. The molecule has 0 unspecified atom stereocenters. The highest BCUT2D eigenvalue weighted by Gasteiger charge is 2.00. The van der Waals surface area contributed by atoms with Crippen LogP contribution in [0.2, 0.25) is 0 Å². The summed E-state index contributed by atoms with van der Waals surface area (Å²) in [4.78, 5) is 0. The third-order valence-corrected chi connectivity index (χ3v) is 2.10. The van der Waals surface area contributed by atoms with E-state index in [-0.39, 0.29) is 17.0 Å². The summed E-state index contributed by atoms with van der Waals surface area (Å²) in [6, 6.07) is 6.21. The maximum absolute atomic E-state index is 3.72. The molecule has 1 heterocycles. The van der Waals surface area contributed by atoms with Crippen molar-refractivity contribution in [3.8, 4) is 0 Å². The quantitative estimate of drug-likeness (QED) is 0.502. The number of allylic oxidation sites excluding steroid dienone is 3. The van der Waals surface area contributed by atoms with Crippen LogP contribution in [0.3, 0.4) is 0 Å². The van der Waals surface area contributed by atoms with E-state index >= 15 is 0 Å². The van der Waals surface area contributed by atoms with Crippen molar-refractivity contribution in [1.29, 1.82) is 0 Å². The zero-order valence-electron chi connectivity index (χ0n) is 8.70. The van der Waals surface area contributed by atoms with Gasteiger partial charge in [0, 0.05) is 19.1 Å². The number of nitrogens with zero attached hydrogens (tertiary/aromatic N) is 1. The van der Waals surface area contributed by atoms with Crippen molar-refractivity contribution in [2.45, 2.75) is 20.4 Å². The van der Waals surface area contributed by atoms with E-state index in [1.807, 2.05) is 12.1 Å². The molecule has 1 nitrogen and oxygen atoms in total. The van der Waals surface area contributed by atoms with Gasteiger partial charge < -0.3 is 17.0 Å². The number of aryl methyl sites for hydroxylation is 1. The number of aromatic nitrogens is 1. The van der Waals surface area contributed by atoms with Gasteiger partial charge in [0.1, 0.15) is 0 Å². The van der Waals surface area contributed by atoms with E-state index in [0.29, 0.717) is 0 Å². The number of hydrogen-bond acceptors (Lipinski definition) is 0. The van der Waals surface area contributed by atoms with Gasteiger partial charge in [0.2, 0.25) is 0 Å². The summed E-state index contributed by atoms with van der Waals surface area (Å²) in [7, 11) is 0. The Kier molecular flexibility index (Phi) is 6.13. The van der Waals surface area contributed by atoms with Crippen molar-refractivity contribution in [2.75, 3.05) is 0 Å². The summed E-state index contributed by atoms with van der Waals surface area (Å²) in [6.45, 7) is 8.81. The minimum atomic E-state index is 0. The molecule has 0 fully saturated rings. The average Bonchev–Trinajstić information content (AvgIpc) is 2.16. The molecule has 0 aliphatic rings. The average molecular weight is 254 g/mol. The Morgan fingerprint density at radius 3 is 2.79 bits per heavy atom. The van der Waals surface area contributed by atoms with Gasteiger partial charge in [-0.15, -0.1) is 0 Å². The molecular formula is C12H16BrN. The number of hydrogen-bond donors (Lipinski definition) is 0. The molecule has 14 heavy (non-hydrogen) atoms. The Balaban J connectivity index is 0.00000169. The van der Waals surface area contributed by atoms with E-state index in [0.717, 1.165) is 6.54 Å². The Morgan fingerprint density at radius 1 is 1.50 bits per heavy atom. The Labute approximate surface area is 96.5 Å². The van der Waals surface area contributed by atoms with Crippen LogP contribution in [0.5, 0.6) is 0 Å². The maximum atomic E-state index is 3.72. The molecule has 0 saturated heterocycles. The van der Waals surface area contributed by atoms with Crippen LogP contribution in [-0.4, -0.2) is 0 Å². The van der Waals surface area contributed by atoms with Crippen LogP contribution in [0, 0.1) is 6.92 Å². The van der Waals surface area contributed by atoms with E-state index in [9.17, 15) is 0 Å². The van der Waals surface area contributed by atoms with E-state index in [1.165, 1.54) is 11.3 Å². The van der Waals surface area contributed by atoms with Crippen LogP contribution in [-0.2, 0) is 6.54 Å². The number of halogens is 1. The van der Waals surface area contributed by atoms with E-state index < -0.39 is 0 Å². The van der Waals surface area contributed by atoms with Crippen LogP contribution < -0.4 is 21.5 Å². The first-order valence-electron chi connectivity index (χ1n) is 4.48. The molecule has 0 bridgehead atoms. The van der Waals surface area contributed by atoms with Crippen LogP contribution in [0.4, 0.5) is 0 Å². The molecule has 0 N–H and O–H groups in total. The lowest BCUT2D eigenvalue weighted by molar-refractivity contribution is -0.693. The van der Waals surface area contributed by atoms with E-state index in [1.54, 1.807) is 0 Å². The zero-order chi connectivity index (χ0) is 9.68. The number of rotatable bonds is 3. The van der Waals surface area contributed by atoms with Crippen molar-refractivity contribution >= 4 is 0 Å². The summed E-state index contributed by atoms with van der Waals surface area (Å²) in [5.41, 5.74) is 2.49. The summed E-state index contributed by atoms with van der Waals surface area (Å²) in [5.74, 6) is 0. The first-order valence-corrected chi connectivity index (χ1v) is 4.48. The first-order chi connectivity index (χ1) is 6.24. The van der Waals surface area contributed by atoms with Gasteiger partial charge >= 0.3 is 0 Å². The van der Waals surface area contributed by atoms with Crippen molar-refractivity contribution in [3.63, 3.8) is 0 Å². The van der Waals surface area contributed by atoms with Gasteiger partial charge in [0.25, 0.3) is 0 Å². The normalized spacial score (nSPS) is 10.6. The van der Waals surface area contributed by atoms with Gasteiger partial charge in [-0.1, -0.05) is 18.7 Å². The minimum Gasteiger partial charge on any atom is -1.00 e. The Bertz CT molecular complexity index is 329. The van der Waals surface area contributed by atoms with Crippen LogP contribution in [0.15, 0.2) is 48.7 Å². The molecular weight excluding hydrogens is 238 g/mol. The van der Waals surface area contributed by atoms with Crippen LogP contribution in [0.1, 0.15) is 12.6 Å². The standard InChI is InChI=1S/C12H16N.BrH/c1-4-11(2)8-10-13-9-6-5-7-12(13)3;/h4-9H,1,10H2,2-3H3;1H/q+1;/p-1. The summed E-state index contributed by atoms with van der Waals surface area (Å²) in [5, 5.41) is 0. The van der Waals surface area contributed by atoms with Gasteiger partial charge in [-0.2, -0.15) is 4.57 Å². The molecule has 0 saturated carbocycles. The highest BCUT2D eigenvalue weighted by Crippen LogP contribution is 1.93. The predicted octanol–water partition coefficient (Wildman–Crippen LogP) is -0.581. The third kappa shape index (κ3) is 3.88. The van der Waals surface area contributed by atoms with Gasteiger partial charge in [-0.3, -0.25) is 0 Å². The van der Waals surface area contributed by atoms with Gasteiger partial charge in [-0.05, 0) is 18.6 Å². The third-order valence-electron chi connectivity index (χ3n) is 2.10. The van der Waals surface area contributed by atoms with Gasteiger partial charge in [-0.25, -0.2) is 0 Å². The summed E-state index contributed by atoms with van der Waals surface area (Å²) < 4.78 is 2.20. The fraction of sp³-hybridized carbons (Fsp3) is 0.250. The van der Waals surface area contributed by atoms with Crippen molar-refractivity contribution in [1.82, 2.24) is 0 Å². The second kappa shape index (κ2) is 6.55. The van der Waals surface area contributed by atoms with Crippen LogP contribution in [0.25, 0.3) is 0 Å². The lowest BCUT2D eigenvalue weighted by atomic mass is 10.2. The molecule has 0 aromatic carbocycles. The van der Waals surface area contributed by atoms with Crippen molar-refractivity contribution < 1.29 is 21.5 Å². The SMILES string of the molecule is C=CC(C)=CC[n+]1ccccc1C.[Br-]. The summed E-state index contributed by atoms with van der Waals surface area (Å²) >= 11 is 0. The molecule has 0 aliphatic carbocycles. The highest BCUT2D eigenvalue weighted by molar-refractivity contribution is 5.11. The summed E-state index contributed by atoms with van der Waals surface area (Å²) in [6.07, 6.45) is 6.13. The second-order valence-corrected chi connectivity index (χ2v) is 3.15. The van der Waals surface area contributed by atoms with Crippen molar-refractivity contribution in [3.05, 3.63) is 54.4 Å². The second-order valence-electron chi connectivity index (χ2n) is 3.15. The Hall–Kier alpha value is -0.890. The zero-order valence-corrected chi connectivity index (χ0v) is 10.3. The minimum absolute atomic E-state index is 0.